The summed E-state index contributed by atoms with van der Waals surface area (Å²) in [5.41, 5.74) is 2.02. The van der Waals surface area contributed by atoms with Gasteiger partial charge in [0.2, 0.25) is 0 Å². The van der Waals surface area contributed by atoms with Crippen LogP contribution in [-0.2, 0) is 56.4 Å². The third-order valence-corrected chi connectivity index (χ3v) is 22.9. The number of benzene rings is 6. The van der Waals surface area contributed by atoms with Crippen LogP contribution in [0.4, 0.5) is 26.3 Å². The van der Waals surface area contributed by atoms with Crippen molar-refractivity contribution in [3.63, 3.8) is 0 Å². The first kappa shape index (κ1) is 72.9. The average molecular weight is 1480 g/mol. The summed E-state index contributed by atoms with van der Waals surface area (Å²) in [5, 5.41) is 14.9. The highest BCUT2D eigenvalue weighted by atomic mass is 32.2. The molecule has 0 saturated carbocycles. The first-order chi connectivity index (χ1) is 50.5. The van der Waals surface area contributed by atoms with Gasteiger partial charge in [0, 0.05) is 113 Å². The minimum atomic E-state index is -4.53. The topological polar surface area (TPSA) is 198 Å². The molecule has 26 heteroatoms. The smallest absolute Gasteiger partial charge is 0.431 e. The highest BCUT2D eigenvalue weighted by Crippen LogP contribution is 2.53. The van der Waals surface area contributed by atoms with Crippen LogP contribution < -0.4 is 23.7 Å². The van der Waals surface area contributed by atoms with Gasteiger partial charge in [0.15, 0.2) is 21.0 Å². The minimum absolute atomic E-state index is 0.0192. The molecule has 0 radical (unpaired) electrons. The van der Waals surface area contributed by atoms with E-state index >= 15 is 0 Å². The normalized spacial score (nSPS) is 17.6. The van der Waals surface area contributed by atoms with E-state index in [1.807, 2.05) is 93.8 Å². The molecule has 3 amide bonds. The molecule has 4 fully saturated rings. The number of amides is 3. The number of aliphatic hydroxyl groups is 1. The number of fused-ring (bicyclic) bond motifs is 12. The summed E-state index contributed by atoms with van der Waals surface area (Å²) in [6.45, 7) is 12.9. The van der Waals surface area contributed by atoms with E-state index in [1.54, 1.807) is 82.6 Å². The van der Waals surface area contributed by atoms with Crippen LogP contribution in [0.5, 0.6) is 28.7 Å². The SMILES string of the molecule is CC(C)CS(=O)(=O)c1ccc(C(=O)N2CCC3(CC2)Oc2ccccc2-n2c(C(F)(F)F)ccc23)cc1.CCOc1ccc(C(=O)N2CCC3(CC2)Oc2ccccc2-c2c3cnn2C)c(OC(C)C)c1.O=C(c1ccc(C2(O)COC2)cc1)N1CCC2(CC1)Oc1ccccc1-n1c(C(F)(F)F)ccc12. The summed E-state index contributed by atoms with van der Waals surface area (Å²) in [4.78, 5) is 45.2. The van der Waals surface area contributed by atoms with E-state index in [4.69, 9.17) is 28.4 Å². The van der Waals surface area contributed by atoms with Crippen LogP contribution in [0.1, 0.15) is 138 Å². The Kier molecular flexibility index (Phi) is 19.3. The summed E-state index contributed by atoms with van der Waals surface area (Å²) in [6, 6.07) is 44.8. The molecule has 10 heterocycles. The second-order valence-corrected chi connectivity index (χ2v) is 30.6. The number of piperidine rings is 3. The van der Waals surface area contributed by atoms with Crippen LogP contribution in [0.15, 0.2) is 175 Å². The fourth-order valence-electron chi connectivity index (χ4n) is 15.5. The molecule has 16 rings (SSSR count). The van der Waals surface area contributed by atoms with E-state index in [9.17, 15) is 54.3 Å². The third-order valence-electron chi connectivity index (χ3n) is 20.8. The fourth-order valence-corrected chi connectivity index (χ4v) is 17.1. The number of nitrogens with zero attached hydrogens (tertiary/aromatic N) is 7. The summed E-state index contributed by atoms with van der Waals surface area (Å²) >= 11 is 0. The van der Waals surface area contributed by atoms with Gasteiger partial charge >= 0.3 is 12.4 Å². The number of carbonyl (C=O) groups is 3. The van der Waals surface area contributed by atoms with Crippen molar-refractivity contribution in [2.45, 2.75) is 119 Å². The van der Waals surface area contributed by atoms with Gasteiger partial charge in [-0.1, -0.05) is 62.4 Å². The van der Waals surface area contributed by atoms with Crippen molar-refractivity contribution < 1.29 is 82.7 Å². The van der Waals surface area contributed by atoms with Gasteiger partial charge in [-0.15, -0.1) is 0 Å². The largest absolute Gasteiger partial charge is 0.494 e. The number of aryl methyl sites for hydroxylation is 1. The zero-order valence-electron chi connectivity index (χ0n) is 59.4. The Labute approximate surface area is 609 Å². The Hall–Kier alpha value is -10.1. The number of halogens is 6. The number of alkyl halides is 6. The number of carbonyl (C=O) groups excluding carboxylic acids is 3. The number of hydrogen-bond acceptors (Lipinski definition) is 13. The van der Waals surface area contributed by atoms with Crippen molar-refractivity contribution in [3.8, 4) is 51.4 Å². The zero-order chi connectivity index (χ0) is 74.9. The van der Waals surface area contributed by atoms with E-state index in [0.29, 0.717) is 139 Å². The van der Waals surface area contributed by atoms with Crippen molar-refractivity contribution in [2.75, 3.05) is 64.8 Å². The molecule has 0 aliphatic carbocycles. The lowest BCUT2D eigenvalue weighted by molar-refractivity contribution is -0.184. The zero-order valence-corrected chi connectivity index (χ0v) is 60.2. The molecule has 19 nitrogen and oxygen atoms in total. The van der Waals surface area contributed by atoms with Gasteiger partial charge in [0.1, 0.15) is 51.3 Å². The van der Waals surface area contributed by atoms with Crippen molar-refractivity contribution >= 4 is 27.6 Å². The highest BCUT2D eigenvalue weighted by Gasteiger charge is 2.52. The molecule has 4 saturated heterocycles. The summed E-state index contributed by atoms with van der Waals surface area (Å²) in [6.07, 6.45) is -4.41. The van der Waals surface area contributed by atoms with Crippen LogP contribution in [0.25, 0.3) is 22.6 Å². The molecule has 3 spiro atoms. The summed E-state index contributed by atoms with van der Waals surface area (Å²) in [5.74, 6) is 2.45. The first-order valence-corrected chi connectivity index (χ1v) is 37.2. The Morgan fingerprint density at radius 1 is 0.575 bits per heavy atom. The molecule has 7 aliphatic heterocycles. The lowest BCUT2D eigenvalue weighted by Crippen LogP contribution is -2.50. The van der Waals surface area contributed by atoms with E-state index in [0.717, 1.165) is 34.7 Å². The van der Waals surface area contributed by atoms with E-state index in [1.165, 1.54) is 45.5 Å². The molecule has 7 aliphatic rings. The van der Waals surface area contributed by atoms with Crippen LogP contribution >= 0.6 is 0 Å². The molecular formula is C80H81F6N7O12S. The second-order valence-electron chi connectivity index (χ2n) is 28.6. The monoisotopic (exact) mass is 1480 g/mol. The van der Waals surface area contributed by atoms with Crippen molar-refractivity contribution in [3.05, 3.63) is 221 Å². The molecule has 3 aromatic heterocycles. The summed E-state index contributed by atoms with van der Waals surface area (Å²) in [7, 11) is -1.46. The predicted octanol–water partition coefficient (Wildman–Crippen LogP) is 14.5. The van der Waals surface area contributed by atoms with Crippen molar-refractivity contribution in [1.29, 1.82) is 0 Å². The van der Waals surface area contributed by atoms with Crippen LogP contribution in [0.2, 0.25) is 0 Å². The van der Waals surface area contributed by atoms with Crippen molar-refractivity contribution in [1.82, 2.24) is 33.6 Å². The Morgan fingerprint density at radius 2 is 1.04 bits per heavy atom. The van der Waals surface area contributed by atoms with Gasteiger partial charge in [0.05, 0.1) is 76.8 Å². The molecule has 0 bridgehead atoms. The van der Waals surface area contributed by atoms with Gasteiger partial charge in [-0.3, -0.25) is 19.1 Å². The highest BCUT2D eigenvalue weighted by molar-refractivity contribution is 7.91. The lowest BCUT2D eigenvalue weighted by atomic mass is 9.81. The number of likely N-dealkylation sites (tertiary alicyclic amines) is 3. The molecule has 106 heavy (non-hydrogen) atoms. The Bertz CT molecular complexity index is 4900. The number of hydrogen-bond donors (Lipinski definition) is 1. The summed E-state index contributed by atoms with van der Waals surface area (Å²) < 4.78 is 148. The fraction of sp³-hybridized carbons (Fsp3) is 0.375. The maximum atomic E-state index is 13.8. The maximum absolute atomic E-state index is 13.8. The van der Waals surface area contributed by atoms with Gasteiger partial charge in [-0.2, -0.15) is 31.4 Å². The van der Waals surface area contributed by atoms with Gasteiger partial charge in [-0.05, 0) is 141 Å². The average Bonchev–Trinajstić information content (AvgIpc) is 1.49. The molecule has 0 atom stereocenters. The van der Waals surface area contributed by atoms with Crippen molar-refractivity contribution in [2.24, 2.45) is 13.0 Å². The molecule has 9 aromatic rings. The molecule has 6 aromatic carbocycles. The first-order valence-electron chi connectivity index (χ1n) is 35.5. The van der Waals surface area contributed by atoms with E-state index < -0.39 is 56.0 Å². The maximum Gasteiger partial charge on any atom is 0.431 e. The van der Waals surface area contributed by atoms with Crippen LogP contribution in [-0.4, -0.2) is 136 Å². The number of para-hydroxylation sites is 5. The predicted molar refractivity (Wildman–Crippen MR) is 380 cm³/mol. The number of ether oxygens (including phenoxy) is 6. The number of sulfone groups is 1. The number of rotatable bonds is 11. The standard InChI is InChI=1S/C27H27F3N2O4S.C27H31N3O4.C26H23F3N2O4/c1-18(2)17-37(34,35)20-9-7-19(8-10-20)25(33)31-15-13-26(14-16-31)23-11-12-24(27(28,29)30)32(23)21-5-3-4-6-22(21)36-26;1-5-32-19-10-11-21(24(16-19)33-18(2)3)26(31)30-14-12-27(13-15-30)22-17-28-29(4)25(22)20-8-6-7-9-23(20)34-27;27-26(28,29)22-10-9-21-25(35-20-4-2-1-3-19(20)31(21)22)11-13-30(14-12-25)23(32)17-5-7-18(8-6-17)24(33)15-34-16-24/h3-12,18H,13-17H2,1-2H3;6-11,16-18H,5,12-15H2,1-4H3;1-10,33H,11-16H2. The minimum Gasteiger partial charge on any atom is -0.494 e. The molecule has 0 unspecified atom stereocenters. The van der Waals surface area contributed by atoms with E-state index in [-0.39, 0.29) is 66.7 Å². The second kappa shape index (κ2) is 28.0. The number of aromatic nitrogens is 4. The molecule has 556 valence electrons. The lowest BCUT2D eigenvalue weighted by Gasteiger charge is -2.45. The van der Waals surface area contributed by atoms with Gasteiger partial charge < -0.3 is 57.4 Å². The van der Waals surface area contributed by atoms with E-state index in [2.05, 4.69) is 11.2 Å². The van der Waals surface area contributed by atoms with Crippen LogP contribution in [0, 0.1) is 5.92 Å². The molecular weight excluding hydrogens is 1400 g/mol. The molecule has 1 N–H and O–H groups in total. The van der Waals surface area contributed by atoms with Gasteiger partial charge in [0.25, 0.3) is 17.7 Å². The van der Waals surface area contributed by atoms with Crippen LogP contribution in [0.3, 0.4) is 0 Å². The third kappa shape index (κ3) is 13.6. The quantitative estimate of drug-likeness (QED) is 0.120. The Morgan fingerprint density at radius 3 is 1.51 bits per heavy atom. The Balaban J connectivity index is 0.000000134. The van der Waals surface area contributed by atoms with Gasteiger partial charge in [-0.25, -0.2) is 8.42 Å².